The summed E-state index contributed by atoms with van der Waals surface area (Å²) in [5.74, 6) is -0.324. The molecule has 0 fully saturated rings. The molecular formula is C17H18BrNO2. The van der Waals surface area contributed by atoms with Gasteiger partial charge in [0.2, 0.25) is 0 Å². The molecule has 0 aliphatic heterocycles. The topological polar surface area (TPSA) is 38.3 Å². The van der Waals surface area contributed by atoms with E-state index in [-0.39, 0.29) is 5.97 Å². The van der Waals surface area contributed by atoms with Crippen LogP contribution in [0.25, 0.3) is 0 Å². The summed E-state index contributed by atoms with van der Waals surface area (Å²) >= 11 is 3.57. The number of nitrogens with one attached hydrogen (secondary N) is 1. The molecule has 0 heterocycles. The lowest BCUT2D eigenvalue weighted by atomic mass is 10.1. The van der Waals surface area contributed by atoms with Crippen LogP contribution in [0.1, 0.15) is 27.0 Å². The maximum Gasteiger partial charge on any atom is 0.337 e. The van der Waals surface area contributed by atoms with Gasteiger partial charge in [-0.05, 0) is 48.7 Å². The van der Waals surface area contributed by atoms with Gasteiger partial charge in [-0.15, -0.1) is 0 Å². The van der Waals surface area contributed by atoms with Crippen molar-refractivity contribution in [2.24, 2.45) is 0 Å². The zero-order chi connectivity index (χ0) is 15.4. The van der Waals surface area contributed by atoms with E-state index in [0.717, 1.165) is 15.7 Å². The highest BCUT2D eigenvalue weighted by molar-refractivity contribution is 9.10. The number of halogens is 1. The zero-order valence-electron chi connectivity index (χ0n) is 12.4. The third-order valence-electron chi connectivity index (χ3n) is 3.34. The van der Waals surface area contributed by atoms with Crippen LogP contribution in [-0.4, -0.2) is 13.1 Å². The lowest BCUT2D eigenvalue weighted by molar-refractivity contribution is 0.0601. The first-order chi connectivity index (χ1) is 10.0. The third-order valence-corrected chi connectivity index (χ3v) is 4.07. The second-order valence-electron chi connectivity index (χ2n) is 4.97. The largest absolute Gasteiger partial charge is 0.465 e. The highest BCUT2D eigenvalue weighted by Gasteiger charge is 2.08. The van der Waals surface area contributed by atoms with Crippen molar-refractivity contribution in [3.05, 3.63) is 63.1 Å². The van der Waals surface area contributed by atoms with Crippen LogP contribution in [0, 0.1) is 13.8 Å². The molecule has 0 atom stereocenters. The predicted octanol–water partition coefficient (Wildman–Crippen LogP) is 4.46. The first-order valence-electron chi connectivity index (χ1n) is 6.69. The Balaban J connectivity index is 2.17. The number of ether oxygens (including phenoxy) is 1. The van der Waals surface area contributed by atoms with Crippen molar-refractivity contribution < 1.29 is 9.53 Å². The molecule has 0 saturated carbocycles. The second-order valence-corrected chi connectivity index (χ2v) is 5.82. The molecule has 2 aromatic carbocycles. The van der Waals surface area contributed by atoms with E-state index in [9.17, 15) is 4.79 Å². The minimum atomic E-state index is -0.324. The van der Waals surface area contributed by atoms with Gasteiger partial charge in [-0.1, -0.05) is 34.1 Å². The van der Waals surface area contributed by atoms with Crippen molar-refractivity contribution in [1.29, 1.82) is 0 Å². The lowest BCUT2D eigenvalue weighted by Crippen LogP contribution is -2.05. The summed E-state index contributed by atoms with van der Waals surface area (Å²) < 4.78 is 5.83. The van der Waals surface area contributed by atoms with Crippen LogP contribution in [0.2, 0.25) is 0 Å². The van der Waals surface area contributed by atoms with Crippen LogP contribution in [0.4, 0.5) is 5.69 Å². The van der Waals surface area contributed by atoms with Gasteiger partial charge in [-0.2, -0.15) is 0 Å². The van der Waals surface area contributed by atoms with Crippen LogP contribution >= 0.6 is 15.9 Å². The molecule has 2 rings (SSSR count). The molecule has 2 aromatic rings. The molecule has 1 N–H and O–H groups in total. The van der Waals surface area contributed by atoms with E-state index in [1.54, 1.807) is 6.07 Å². The summed E-state index contributed by atoms with van der Waals surface area (Å²) in [5, 5.41) is 3.37. The molecule has 3 nitrogen and oxygen atoms in total. The predicted molar refractivity (Wildman–Crippen MR) is 88.7 cm³/mol. The number of methoxy groups -OCH3 is 1. The van der Waals surface area contributed by atoms with E-state index < -0.39 is 0 Å². The van der Waals surface area contributed by atoms with Gasteiger partial charge in [0, 0.05) is 16.7 Å². The van der Waals surface area contributed by atoms with Crippen molar-refractivity contribution in [2.45, 2.75) is 20.4 Å². The molecule has 0 aliphatic carbocycles. The Morgan fingerprint density at radius 3 is 2.62 bits per heavy atom. The summed E-state index contributed by atoms with van der Waals surface area (Å²) in [5.41, 5.74) is 4.96. The van der Waals surface area contributed by atoms with Gasteiger partial charge < -0.3 is 10.1 Å². The Kier molecular flexibility index (Phi) is 5.02. The first kappa shape index (κ1) is 15.6. The molecule has 0 aliphatic rings. The molecule has 0 unspecified atom stereocenters. The number of anilines is 1. The highest BCUT2D eigenvalue weighted by Crippen LogP contribution is 2.22. The number of carbonyl (C=O) groups excluding carboxylic acids is 1. The number of hydrogen-bond donors (Lipinski definition) is 1. The fourth-order valence-corrected chi connectivity index (χ4v) is 2.68. The monoisotopic (exact) mass is 347 g/mol. The van der Waals surface area contributed by atoms with Gasteiger partial charge in [0.15, 0.2) is 0 Å². The minimum Gasteiger partial charge on any atom is -0.465 e. The third kappa shape index (κ3) is 3.85. The summed E-state index contributed by atoms with van der Waals surface area (Å²) in [4.78, 5) is 11.6. The van der Waals surface area contributed by atoms with Crippen molar-refractivity contribution in [1.82, 2.24) is 0 Å². The summed E-state index contributed by atoms with van der Waals surface area (Å²) in [6.07, 6.45) is 0. The van der Waals surface area contributed by atoms with Crippen molar-refractivity contribution >= 4 is 27.6 Å². The molecular weight excluding hydrogens is 330 g/mol. The highest BCUT2D eigenvalue weighted by atomic mass is 79.9. The Morgan fingerprint density at radius 1 is 1.19 bits per heavy atom. The number of aryl methyl sites for hydroxylation is 2. The number of rotatable bonds is 4. The summed E-state index contributed by atoms with van der Waals surface area (Å²) in [6.45, 7) is 4.76. The van der Waals surface area contributed by atoms with E-state index in [4.69, 9.17) is 4.74 Å². The van der Waals surface area contributed by atoms with Gasteiger partial charge in [-0.3, -0.25) is 0 Å². The normalized spacial score (nSPS) is 10.3. The van der Waals surface area contributed by atoms with E-state index in [1.807, 2.05) is 19.1 Å². The summed E-state index contributed by atoms with van der Waals surface area (Å²) in [6, 6.07) is 11.8. The van der Waals surface area contributed by atoms with E-state index in [2.05, 4.69) is 46.4 Å². The van der Waals surface area contributed by atoms with E-state index in [0.29, 0.717) is 12.1 Å². The Bertz CT molecular complexity index is 668. The van der Waals surface area contributed by atoms with Crippen LogP contribution < -0.4 is 5.32 Å². The van der Waals surface area contributed by atoms with Crippen LogP contribution in [-0.2, 0) is 11.3 Å². The van der Waals surface area contributed by atoms with E-state index in [1.165, 1.54) is 18.2 Å². The van der Waals surface area contributed by atoms with Crippen LogP contribution in [0.15, 0.2) is 40.9 Å². The molecule has 0 amide bonds. The molecule has 21 heavy (non-hydrogen) atoms. The average molecular weight is 348 g/mol. The number of carbonyl (C=O) groups is 1. The number of esters is 1. The molecule has 0 radical (unpaired) electrons. The van der Waals surface area contributed by atoms with Gasteiger partial charge in [0.25, 0.3) is 0 Å². The SMILES string of the molecule is COC(=O)c1ccc(C)c(NCc2ccc(C)cc2Br)c1. The Labute approximate surface area is 133 Å². The Morgan fingerprint density at radius 2 is 1.95 bits per heavy atom. The molecule has 4 heteroatoms. The fraction of sp³-hybridized carbons (Fsp3) is 0.235. The van der Waals surface area contributed by atoms with Crippen LogP contribution in [0.5, 0.6) is 0 Å². The van der Waals surface area contributed by atoms with Crippen molar-refractivity contribution in [2.75, 3.05) is 12.4 Å². The van der Waals surface area contributed by atoms with Gasteiger partial charge in [-0.25, -0.2) is 4.79 Å². The molecule has 0 bridgehead atoms. The molecule has 0 saturated heterocycles. The minimum absolute atomic E-state index is 0.324. The fourth-order valence-electron chi connectivity index (χ4n) is 2.04. The van der Waals surface area contributed by atoms with Crippen molar-refractivity contribution in [3.8, 4) is 0 Å². The smallest absolute Gasteiger partial charge is 0.337 e. The van der Waals surface area contributed by atoms with Gasteiger partial charge in [0.1, 0.15) is 0 Å². The number of hydrogen-bond acceptors (Lipinski definition) is 3. The molecule has 0 spiro atoms. The Hall–Kier alpha value is -1.81. The second kappa shape index (κ2) is 6.76. The summed E-state index contributed by atoms with van der Waals surface area (Å²) in [7, 11) is 1.39. The zero-order valence-corrected chi connectivity index (χ0v) is 14.0. The standard InChI is InChI=1S/C17H18BrNO2/c1-11-4-6-14(15(18)8-11)10-19-16-9-13(17(20)21-3)7-5-12(16)2/h4-9,19H,10H2,1-3H3. The average Bonchev–Trinajstić information content (AvgIpc) is 2.47. The van der Waals surface area contributed by atoms with Crippen LogP contribution in [0.3, 0.4) is 0 Å². The van der Waals surface area contributed by atoms with E-state index >= 15 is 0 Å². The van der Waals surface area contributed by atoms with Crippen molar-refractivity contribution in [3.63, 3.8) is 0 Å². The molecule has 110 valence electrons. The molecule has 0 aromatic heterocycles. The lowest BCUT2D eigenvalue weighted by Gasteiger charge is -2.12. The maximum absolute atomic E-state index is 11.6. The maximum atomic E-state index is 11.6. The quantitative estimate of drug-likeness (QED) is 0.829. The number of benzene rings is 2. The first-order valence-corrected chi connectivity index (χ1v) is 7.48. The van der Waals surface area contributed by atoms with Gasteiger partial charge >= 0.3 is 5.97 Å². The van der Waals surface area contributed by atoms with Gasteiger partial charge in [0.05, 0.1) is 12.7 Å².